The zero-order valence-corrected chi connectivity index (χ0v) is 12.0. The van der Waals surface area contributed by atoms with Crippen molar-refractivity contribution in [1.82, 2.24) is 0 Å². The Balaban J connectivity index is 1.87. The maximum absolute atomic E-state index is 11.4. The minimum atomic E-state index is -0.380. The summed E-state index contributed by atoms with van der Waals surface area (Å²) in [7, 11) is 0. The molecule has 1 saturated carbocycles. The van der Waals surface area contributed by atoms with E-state index in [2.05, 4.69) is 17.6 Å². The highest BCUT2D eigenvalue weighted by Crippen LogP contribution is 2.38. The molecule has 1 heterocycles. The first-order valence-electron chi connectivity index (χ1n) is 7.44. The molecule has 112 valence electrons. The summed E-state index contributed by atoms with van der Waals surface area (Å²) in [5.74, 6) is 0.650. The fraction of sp³-hybridized carbons (Fsp3) is 0.533. The maximum atomic E-state index is 11.4. The number of anilines is 2. The molecular weight excluding hydrogens is 270 g/mol. The number of nitrogens with one attached hydrogen (secondary N) is 2. The Morgan fingerprint density at radius 1 is 1.48 bits per heavy atom. The standard InChI is InChI=1S/C15H19N3O3/c1-2-11(5-9-3-4-9)16-13-8-12-10(7-15(19)17-12)6-14(13)18(20)21/h6,8-9,11,16H,2-5,7H2,1H3,(H,17,19). The summed E-state index contributed by atoms with van der Waals surface area (Å²) in [5, 5.41) is 17.3. The first-order chi connectivity index (χ1) is 10.1. The van der Waals surface area contributed by atoms with Gasteiger partial charge in [0.25, 0.3) is 5.69 Å². The van der Waals surface area contributed by atoms with Gasteiger partial charge in [0.15, 0.2) is 0 Å². The number of hydrogen-bond donors (Lipinski definition) is 2. The third kappa shape index (κ3) is 2.99. The van der Waals surface area contributed by atoms with Gasteiger partial charge in [0, 0.05) is 17.8 Å². The van der Waals surface area contributed by atoms with E-state index in [-0.39, 0.29) is 29.0 Å². The summed E-state index contributed by atoms with van der Waals surface area (Å²) >= 11 is 0. The van der Waals surface area contributed by atoms with Crippen molar-refractivity contribution in [3.05, 3.63) is 27.8 Å². The molecule has 3 rings (SSSR count). The summed E-state index contributed by atoms with van der Waals surface area (Å²) in [4.78, 5) is 22.3. The molecule has 1 aromatic carbocycles. The monoisotopic (exact) mass is 289 g/mol. The molecule has 1 aliphatic heterocycles. The number of fused-ring (bicyclic) bond motifs is 1. The topological polar surface area (TPSA) is 84.3 Å². The average molecular weight is 289 g/mol. The van der Waals surface area contributed by atoms with Crippen LogP contribution in [0.2, 0.25) is 0 Å². The lowest BCUT2D eigenvalue weighted by molar-refractivity contribution is -0.384. The number of carbonyl (C=O) groups is 1. The van der Waals surface area contributed by atoms with E-state index in [0.717, 1.165) is 18.8 Å². The number of hydrogen-bond acceptors (Lipinski definition) is 4. The highest BCUT2D eigenvalue weighted by Gasteiger charge is 2.28. The Morgan fingerprint density at radius 3 is 2.86 bits per heavy atom. The van der Waals surface area contributed by atoms with Crippen LogP contribution in [0.4, 0.5) is 17.1 Å². The summed E-state index contributed by atoms with van der Waals surface area (Å²) in [5.41, 5.74) is 1.95. The van der Waals surface area contributed by atoms with Gasteiger partial charge in [-0.25, -0.2) is 0 Å². The lowest BCUT2D eigenvalue weighted by atomic mass is 10.1. The van der Waals surface area contributed by atoms with Gasteiger partial charge < -0.3 is 10.6 Å². The second kappa shape index (κ2) is 5.35. The van der Waals surface area contributed by atoms with Crippen LogP contribution in [-0.2, 0) is 11.2 Å². The predicted molar refractivity (Wildman–Crippen MR) is 80.5 cm³/mol. The van der Waals surface area contributed by atoms with Gasteiger partial charge in [-0.15, -0.1) is 0 Å². The predicted octanol–water partition coefficient (Wildman–Crippen LogP) is 3.08. The average Bonchev–Trinajstić information content (AvgIpc) is 3.17. The molecule has 6 heteroatoms. The second-order valence-electron chi connectivity index (χ2n) is 5.94. The molecule has 21 heavy (non-hydrogen) atoms. The third-order valence-corrected chi connectivity index (χ3v) is 4.21. The van der Waals surface area contributed by atoms with Crippen molar-refractivity contribution in [1.29, 1.82) is 0 Å². The highest BCUT2D eigenvalue weighted by molar-refractivity contribution is 6.00. The molecule has 0 aromatic heterocycles. The number of nitro benzene ring substituents is 1. The van der Waals surface area contributed by atoms with Gasteiger partial charge in [-0.05, 0) is 30.4 Å². The van der Waals surface area contributed by atoms with Crippen molar-refractivity contribution in [2.45, 2.75) is 45.1 Å². The van der Waals surface area contributed by atoms with Crippen molar-refractivity contribution in [3.63, 3.8) is 0 Å². The van der Waals surface area contributed by atoms with E-state index in [9.17, 15) is 14.9 Å². The number of amides is 1. The molecule has 0 bridgehead atoms. The van der Waals surface area contributed by atoms with Gasteiger partial charge in [0.05, 0.1) is 11.3 Å². The molecule has 6 nitrogen and oxygen atoms in total. The molecule has 2 aliphatic rings. The Hall–Kier alpha value is -2.11. The third-order valence-electron chi connectivity index (χ3n) is 4.21. The van der Waals surface area contributed by atoms with Crippen LogP contribution in [0.3, 0.4) is 0 Å². The van der Waals surface area contributed by atoms with Crippen LogP contribution in [0.5, 0.6) is 0 Å². The van der Waals surface area contributed by atoms with Gasteiger partial charge >= 0.3 is 0 Å². The Morgan fingerprint density at radius 2 is 2.24 bits per heavy atom. The van der Waals surface area contributed by atoms with E-state index in [4.69, 9.17) is 0 Å². The van der Waals surface area contributed by atoms with E-state index in [1.54, 1.807) is 6.07 Å². The first-order valence-corrected chi connectivity index (χ1v) is 7.44. The fourth-order valence-corrected chi connectivity index (χ4v) is 2.83. The van der Waals surface area contributed by atoms with Crippen molar-refractivity contribution >= 4 is 23.0 Å². The molecule has 1 unspecified atom stereocenters. The lowest BCUT2D eigenvalue weighted by Crippen LogP contribution is -2.20. The van der Waals surface area contributed by atoms with E-state index in [1.807, 2.05) is 0 Å². The van der Waals surface area contributed by atoms with Crippen LogP contribution < -0.4 is 10.6 Å². The molecule has 1 fully saturated rings. The van der Waals surface area contributed by atoms with Gasteiger partial charge in [-0.1, -0.05) is 19.8 Å². The summed E-state index contributed by atoms with van der Waals surface area (Å²) in [6.45, 7) is 2.08. The molecule has 1 aliphatic carbocycles. The zero-order chi connectivity index (χ0) is 15.0. The summed E-state index contributed by atoms with van der Waals surface area (Å²) < 4.78 is 0. The zero-order valence-electron chi connectivity index (χ0n) is 12.0. The second-order valence-corrected chi connectivity index (χ2v) is 5.94. The van der Waals surface area contributed by atoms with Crippen LogP contribution in [-0.4, -0.2) is 16.9 Å². The van der Waals surface area contributed by atoms with E-state index in [0.29, 0.717) is 16.9 Å². The molecule has 1 atom stereocenters. The number of benzene rings is 1. The van der Waals surface area contributed by atoms with Crippen LogP contribution in [0.15, 0.2) is 12.1 Å². The number of nitrogens with zero attached hydrogens (tertiary/aromatic N) is 1. The van der Waals surface area contributed by atoms with Crippen molar-refractivity contribution in [3.8, 4) is 0 Å². The molecule has 1 amide bonds. The normalized spacial score (nSPS) is 18.0. The first kappa shape index (κ1) is 13.9. The molecule has 2 N–H and O–H groups in total. The van der Waals surface area contributed by atoms with Crippen LogP contribution in [0.1, 0.15) is 38.2 Å². The minimum Gasteiger partial charge on any atom is -0.377 e. The van der Waals surface area contributed by atoms with Gasteiger partial charge in [0.2, 0.25) is 5.91 Å². The van der Waals surface area contributed by atoms with E-state index in [1.165, 1.54) is 18.9 Å². The number of carbonyl (C=O) groups excluding carboxylic acids is 1. The molecule has 0 spiro atoms. The van der Waals surface area contributed by atoms with Crippen molar-refractivity contribution in [2.75, 3.05) is 10.6 Å². The number of rotatable bonds is 6. The van der Waals surface area contributed by atoms with Gasteiger partial charge in [-0.2, -0.15) is 0 Å². The quantitative estimate of drug-likeness (QED) is 0.622. The highest BCUT2D eigenvalue weighted by atomic mass is 16.6. The van der Waals surface area contributed by atoms with Crippen LogP contribution in [0.25, 0.3) is 0 Å². The largest absolute Gasteiger partial charge is 0.377 e. The SMILES string of the molecule is CCC(CC1CC1)Nc1cc2c(cc1[N+](=O)[O-])CC(=O)N2. The van der Waals surface area contributed by atoms with Gasteiger partial charge in [0.1, 0.15) is 5.69 Å². The Kier molecular flexibility index (Phi) is 3.53. The lowest BCUT2D eigenvalue weighted by Gasteiger charge is -2.18. The number of nitro groups is 1. The molecule has 0 radical (unpaired) electrons. The maximum Gasteiger partial charge on any atom is 0.292 e. The fourth-order valence-electron chi connectivity index (χ4n) is 2.83. The van der Waals surface area contributed by atoms with Crippen LogP contribution >= 0.6 is 0 Å². The minimum absolute atomic E-state index is 0.0551. The van der Waals surface area contributed by atoms with Crippen molar-refractivity contribution < 1.29 is 9.72 Å². The van der Waals surface area contributed by atoms with Crippen molar-refractivity contribution in [2.24, 2.45) is 5.92 Å². The van der Waals surface area contributed by atoms with E-state index >= 15 is 0 Å². The Labute approximate surface area is 123 Å². The molecule has 0 saturated heterocycles. The summed E-state index contributed by atoms with van der Waals surface area (Å²) in [6, 6.07) is 3.46. The smallest absolute Gasteiger partial charge is 0.292 e. The summed E-state index contributed by atoms with van der Waals surface area (Å²) in [6.07, 6.45) is 4.73. The van der Waals surface area contributed by atoms with Crippen LogP contribution in [0, 0.1) is 16.0 Å². The van der Waals surface area contributed by atoms with Gasteiger partial charge in [-0.3, -0.25) is 14.9 Å². The Bertz CT molecular complexity index is 596. The molecular formula is C15H19N3O3. The molecule has 1 aromatic rings. The van der Waals surface area contributed by atoms with E-state index < -0.39 is 0 Å².